The lowest BCUT2D eigenvalue weighted by Gasteiger charge is -2.38. The Bertz CT molecular complexity index is 417. The van der Waals surface area contributed by atoms with E-state index in [0.29, 0.717) is 6.04 Å². The van der Waals surface area contributed by atoms with E-state index >= 15 is 0 Å². The van der Waals surface area contributed by atoms with Crippen LogP contribution in [0.2, 0.25) is 0 Å². The van der Waals surface area contributed by atoms with E-state index in [9.17, 15) is 0 Å². The fourth-order valence-electron chi connectivity index (χ4n) is 2.64. The summed E-state index contributed by atoms with van der Waals surface area (Å²) in [5, 5.41) is 3.61. The molecular formula is C16H25NO2. The molecule has 2 unspecified atom stereocenters. The number of para-hydroxylation sites is 1. The van der Waals surface area contributed by atoms with Crippen LogP contribution in [-0.2, 0) is 4.74 Å². The summed E-state index contributed by atoms with van der Waals surface area (Å²) in [5.74, 6) is 1.00. The number of ether oxygens (including phenoxy) is 2. The highest BCUT2D eigenvalue weighted by molar-refractivity contribution is 5.38. The summed E-state index contributed by atoms with van der Waals surface area (Å²) >= 11 is 0. The summed E-state index contributed by atoms with van der Waals surface area (Å²) in [6.45, 7) is 10.0. The maximum absolute atomic E-state index is 6.03. The van der Waals surface area contributed by atoms with Gasteiger partial charge in [0.1, 0.15) is 11.4 Å². The van der Waals surface area contributed by atoms with Gasteiger partial charge in [-0.1, -0.05) is 18.2 Å². The summed E-state index contributed by atoms with van der Waals surface area (Å²) < 4.78 is 11.6. The van der Waals surface area contributed by atoms with Gasteiger partial charge in [0.2, 0.25) is 0 Å². The fraction of sp³-hybridized carbons (Fsp3) is 0.625. The third-order valence-electron chi connectivity index (χ3n) is 3.48. The lowest BCUT2D eigenvalue weighted by molar-refractivity contribution is 0.0507. The van der Waals surface area contributed by atoms with Crippen molar-refractivity contribution in [2.24, 2.45) is 0 Å². The first-order chi connectivity index (χ1) is 9.02. The largest absolute Gasteiger partial charge is 0.487 e. The Labute approximate surface area is 116 Å². The van der Waals surface area contributed by atoms with Gasteiger partial charge in [-0.25, -0.2) is 0 Å². The highest BCUT2D eigenvalue weighted by atomic mass is 16.5. The van der Waals surface area contributed by atoms with E-state index in [1.165, 1.54) is 5.56 Å². The topological polar surface area (TPSA) is 30.5 Å². The molecule has 1 aliphatic rings. The van der Waals surface area contributed by atoms with Crippen molar-refractivity contribution >= 4 is 0 Å². The molecule has 0 aliphatic carbocycles. The van der Waals surface area contributed by atoms with E-state index in [1.54, 1.807) is 0 Å². The average Bonchev–Trinajstić information content (AvgIpc) is 2.35. The lowest BCUT2D eigenvalue weighted by atomic mass is 9.89. The van der Waals surface area contributed by atoms with Crippen molar-refractivity contribution in [1.29, 1.82) is 0 Å². The zero-order chi connectivity index (χ0) is 13.9. The summed E-state index contributed by atoms with van der Waals surface area (Å²) in [5.41, 5.74) is 1.13. The summed E-state index contributed by atoms with van der Waals surface area (Å²) in [6, 6.07) is 8.63. The third-order valence-corrected chi connectivity index (χ3v) is 3.48. The van der Waals surface area contributed by atoms with Gasteiger partial charge in [-0.05, 0) is 33.8 Å². The van der Waals surface area contributed by atoms with Gasteiger partial charge < -0.3 is 14.8 Å². The molecule has 0 bridgehead atoms. The molecule has 1 aromatic rings. The molecule has 3 nitrogen and oxygen atoms in total. The molecule has 1 heterocycles. The molecule has 3 heteroatoms. The molecule has 0 saturated heterocycles. The molecule has 0 radical (unpaired) electrons. The van der Waals surface area contributed by atoms with Crippen molar-refractivity contribution < 1.29 is 9.47 Å². The lowest BCUT2D eigenvalue weighted by Crippen LogP contribution is -2.41. The summed E-state index contributed by atoms with van der Waals surface area (Å²) in [6.07, 6.45) is 1.21. The number of rotatable bonds is 5. The van der Waals surface area contributed by atoms with Crippen LogP contribution in [0, 0.1) is 0 Å². The Hall–Kier alpha value is -1.06. The van der Waals surface area contributed by atoms with Crippen molar-refractivity contribution in [3.05, 3.63) is 29.8 Å². The third kappa shape index (κ3) is 3.71. The van der Waals surface area contributed by atoms with Crippen LogP contribution in [-0.4, -0.2) is 24.9 Å². The van der Waals surface area contributed by atoms with Crippen LogP contribution in [0.4, 0.5) is 0 Å². The minimum absolute atomic E-state index is 0.124. The quantitative estimate of drug-likeness (QED) is 0.884. The smallest absolute Gasteiger partial charge is 0.124 e. The predicted octanol–water partition coefficient (Wildman–Crippen LogP) is 3.30. The first kappa shape index (κ1) is 14.4. The molecule has 1 N–H and O–H groups in total. The highest BCUT2D eigenvalue weighted by Gasteiger charge is 2.33. The number of hydrogen-bond donors (Lipinski definition) is 1. The number of benzene rings is 1. The molecule has 106 valence electrons. The van der Waals surface area contributed by atoms with Crippen LogP contribution in [0.15, 0.2) is 24.3 Å². The first-order valence-corrected chi connectivity index (χ1v) is 7.15. The molecule has 2 rings (SSSR count). The highest BCUT2D eigenvalue weighted by Crippen LogP contribution is 2.39. The van der Waals surface area contributed by atoms with Crippen molar-refractivity contribution in [1.82, 2.24) is 5.32 Å². The normalized spacial score (nSPS) is 22.4. The second-order valence-electron chi connectivity index (χ2n) is 5.83. The van der Waals surface area contributed by atoms with Crippen molar-refractivity contribution in [3.63, 3.8) is 0 Å². The molecule has 0 spiro atoms. The summed E-state index contributed by atoms with van der Waals surface area (Å²) in [7, 11) is 0. The molecule has 2 atom stereocenters. The van der Waals surface area contributed by atoms with E-state index in [-0.39, 0.29) is 11.7 Å². The number of nitrogens with one attached hydrogen (secondary N) is 1. The standard InChI is InChI=1S/C16H25NO2/c1-5-18-12(2)11-17-14-10-16(3,4)19-15-9-7-6-8-13(14)15/h6-9,12,14,17H,5,10-11H2,1-4H3. The predicted molar refractivity (Wildman–Crippen MR) is 77.6 cm³/mol. The van der Waals surface area contributed by atoms with Crippen LogP contribution in [0.1, 0.15) is 45.7 Å². The van der Waals surface area contributed by atoms with Crippen LogP contribution in [0.25, 0.3) is 0 Å². The minimum atomic E-state index is -0.124. The number of fused-ring (bicyclic) bond motifs is 1. The molecule has 0 fully saturated rings. The van der Waals surface area contributed by atoms with Crippen LogP contribution >= 0.6 is 0 Å². The molecule has 1 aromatic carbocycles. The van der Waals surface area contributed by atoms with E-state index in [0.717, 1.165) is 25.3 Å². The molecule has 0 aromatic heterocycles. The van der Waals surface area contributed by atoms with Gasteiger partial charge in [-0.3, -0.25) is 0 Å². The molecule has 0 saturated carbocycles. The van der Waals surface area contributed by atoms with Crippen molar-refractivity contribution in [2.75, 3.05) is 13.2 Å². The van der Waals surface area contributed by atoms with Crippen LogP contribution in [0.3, 0.4) is 0 Å². The number of hydrogen-bond acceptors (Lipinski definition) is 3. The Morgan fingerprint density at radius 2 is 2.16 bits per heavy atom. The molecule has 0 amide bonds. The average molecular weight is 263 g/mol. The van der Waals surface area contributed by atoms with E-state index in [4.69, 9.17) is 9.47 Å². The second-order valence-corrected chi connectivity index (χ2v) is 5.83. The SMILES string of the molecule is CCOC(C)CNC1CC(C)(C)Oc2ccccc21. The van der Waals surface area contributed by atoms with Crippen molar-refractivity contribution in [3.8, 4) is 5.75 Å². The van der Waals surface area contributed by atoms with Crippen LogP contribution < -0.4 is 10.1 Å². The van der Waals surface area contributed by atoms with Gasteiger partial charge >= 0.3 is 0 Å². The Morgan fingerprint density at radius 1 is 1.42 bits per heavy atom. The van der Waals surface area contributed by atoms with Gasteiger partial charge in [0.15, 0.2) is 0 Å². The Kier molecular flexibility index (Phi) is 4.48. The fourth-order valence-corrected chi connectivity index (χ4v) is 2.64. The first-order valence-electron chi connectivity index (χ1n) is 7.15. The molecular weight excluding hydrogens is 238 g/mol. The zero-order valence-electron chi connectivity index (χ0n) is 12.4. The van der Waals surface area contributed by atoms with E-state index < -0.39 is 0 Å². The minimum Gasteiger partial charge on any atom is -0.487 e. The van der Waals surface area contributed by atoms with Crippen LogP contribution in [0.5, 0.6) is 5.75 Å². The maximum Gasteiger partial charge on any atom is 0.124 e. The Morgan fingerprint density at radius 3 is 2.89 bits per heavy atom. The zero-order valence-corrected chi connectivity index (χ0v) is 12.4. The Balaban J connectivity index is 2.07. The molecule has 1 aliphatic heterocycles. The van der Waals surface area contributed by atoms with Gasteiger partial charge in [-0.2, -0.15) is 0 Å². The van der Waals surface area contributed by atoms with E-state index in [2.05, 4.69) is 44.3 Å². The summed E-state index contributed by atoms with van der Waals surface area (Å²) in [4.78, 5) is 0. The van der Waals surface area contributed by atoms with E-state index in [1.807, 2.05) is 13.0 Å². The van der Waals surface area contributed by atoms with Gasteiger partial charge in [0, 0.05) is 31.2 Å². The van der Waals surface area contributed by atoms with Crippen molar-refractivity contribution in [2.45, 2.75) is 51.9 Å². The second kappa shape index (κ2) is 5.93. The van der Waals surface area contributed by atoms with Gasteiger partial charge in [0.25, 0.3) is 0 Å². The van der Waals surface area contributed by atoms with Gasteiger partial charge in [0.05, 0.1) is 6.10 Å². The van der Waals surface area contributed by atoms with Gasteiger partial charge in [-0.15, -0.1) is 0 Å². The monoisotopic (exact) mass is 263 g/mol. The maximum atomic E-state index is 6.03. The molecule has 19 heavy (non-hydrogen) atoms.